The van der Waals surface area contributed by atoms with Gasteiger partial charge in [-0.05, 0) is 56.8 Å². The van der Waals surface area contributed by atoms with Gasteiger partial charge in [0.1, 0.15) is 0 Å². The molecule has 1 atom stereocenters. The van der Waals surface area contributed by atoms with E-state index in [0.717, 1.165) is 18.7 Å². The Bertz CT molecular complexity index is 622. The number of carbonyl (C=O) groups excluding carboxylic acids is 1. The van der Waals surface area contributed by atoms with Gasteiger partial charge in [-0.2, -0.15) is 0 Å². The molecule has 0 aromatic heterocycles. The van der Waals surface area contributed by atoms with Crippen LogP contribution in [0.5, 0.6) is 0 Å². The Kier molecular flexibility index (Phi) is 4.82. The molecule has 1 aromatic rings. The van der Waals surface area contributed by atoms with Gasteiger partial charge >= 0.3 is 0 Å². The summed E-state index contributed by atoms with van der Waals surface area (Å²) in [5.41, 5.74) is 3.37. The van der Waals surface area contributed by atoms with E-state index in [0.29, 0.717) is 12.3 Å². The predicted octanol–water partition coefficient (Wildman–Crippen LogP) is 4.17. The molecule has 0 saturated carbocycles. The van der Waals surface area contributed by atoms with Crippen LogP contribution in [-0.2, 0) is 4.79 Å². The van der Waals surface area contributed by atoms with Crippen LogP contribution in [0.3, 0.4) is 0 Å². The zero-order valence-electron chi connectivity index (χ0n) is 15.4. The van der Waals surface area contributed by atoms with Crippen LogP contribution in [0.1, 0.15) is 70.0 Å². The summed E-state index contributed by atoms with van der Waals surface area (Å²) in [7, 11) is 0. The molecule has 130 valence electrons. The summed E-state index contributed by atoms with van der Waals surface area (Å²) in [6, 6.07) is 8.95. The van der Waals surface area contributed by atoms with E-state index in [2.05, 4.69) is 62.2 Å². The number of nitrogens with one attached hydrogen (secondary N) is 1. The second-order valence-corrected chi connectivity index (χ2v) is 8.19. The molecule has 2 aliphatic rings. The van der Waals surface area contributed by atoms with Gasteiger partial charge in [-0.3, -0.25) is 9.69 Å². The first-order valence-corrected chi connectivity index (χ1v) is 9.22. The summed E-state index contributed by atoms with van der Waals surface area (Å²) in [4.78, 5) is 15.3. The largest absolute Gasteiger partial charge is 0.385 e. The number of rotatable bonds is 4. The van der Waals surface area contributed by atoms with Crippen molar-refractivity contribution in [3.8, 4) is 0 Å². The van der Waals surface area contributed by atoms with Gasteiger partial charge in [0.25, 0.3) is 0 Å². The molecule has 0 amide bonds. The van der Waals surface area contributed by atoms with Gasteiger partial charge in [-0.25, -0.2) is 0 Å². The lowest BCUT2D eigenvalue weighted by Gasteiger charge is -2.36. The summed E-state index contributed by atoms with van der Waals surface area (Å²) >= 11 is 0. The highest BCUT2D eigenvalue weighted by Crippen LogP contribution is 2.35. The number of carbonyl (C=O) groups is 1. The summed E-state index contributed by atoms with van der Waals surface area (Å²) in [5.74, 6) is 0.811. The Morgan fingerprint density at radius 1 is 1.04 bits per heavy atom. The molecule has 0 bridgehead atoms. The molecule has 1 fully saturated rings. The van der Waals surface area contributed by atoms with Crippen molar-refractivity contribution in [2.75, 3.05) is 13.1 Å². The maximum absolute atomic E-state index is 12.8. The minimum atomic E-state index is -0.141. The van der Waals surface area contributed by atoms with Gasteiger partial charge in [0.05, 0.1) is 6.04 Å². The lowest BCUT2D eigenvalue weighted by molar-refractivity contribution is -0.117. The molecule has 0 aliphatic carbocycles. The van der Waals surface area contributed by atoms with E-state index >= 15 is 0 Å². The average molecular weight is 326 g/mol. The van der Waals surface area contributed by atoms with Gasteiger partial charge in [0, 0.05) is 23.7 Å². The molecule has 3 rings (SSSR count). The monoisotopic (exact) mass is 326 g/mol. The summed E-state index contributed by atoms with van der Waals surface area (Å²) in [6.45, 7) is 10.7. The van der Waals surface area contributed by atoms with Gasteiger partial charge in [0.2, 0.25) is 0 Å². The van der Waals surface area contributed by atoms with Crippen molar-refractivity contribution in [3.05, 3.63) is 47.2 Å². The second kappa shape index (κ2) is 6.72. The lowest BCUT2D eigenvalue weighted by Crippen LogP contribution is -2.44. The molecular weight excluding hydrogens is 296 g/mol. The van der Waals surface area contributed by atoms with Crippen LogP contribution in [-0.4, -0.2) is 29.3 Å². The third-order valence-corrected chi connectivity index (χ3v) is 5.26. The third-order valence-electron chi connectivity index (χ3n) is 5.26. The molecule has 24 heavy (non-hydrogen) atoms. The highest BCUT2D eigenvalue weighted by Gasteiger charge is 2.35. The van der Waals surface area contributed by atoms with Crippen LogP contribution in [0.15, 0.2) is 36.0 Å². The number of Topliss-reactive ketones (excluding diaryl/α,β-unsaturated/α-hetero) is 1. The maximum Gasteiger partial charge on any atom is 0.164 e. The van der Waals surface area contributed by atoms with Crippen molar-refractivity contribution in [1.82, 2.24) is 10.2 Å². The number of hydrogen-bond donors (Lipinski definition) is 1. The van der Waals surface area contributed by atoms with Crippen molar-refractivity contribution in [3.63, 3.8) is 0 Å². The van der Waals surface area contributed by atoms with Crippen LogP contribution < -0.4 is 5.32 Å². The second-order valence-electron chi connectivity index (χ2n) is 8.19. The molecular formula is C21H30N2O. The molecule has 3 nitrogen and oxygen atoms in total. The molecule has 0 radical (unpaired) electrons. The average Bonchev–Trinajstić information content (AvgIpc) is 3.04. The van der Waals surface area contributed by atoms with Crippen LogP contribution in [0.25, 0.3) is 0 Å². The van der Waals surface area contributed by atoms with E-state index in [9.17, 15) is 4.79 Å². The number of ketones is 1. The van der Waals surface area contributed by atoms with Gasteiger partial charge in [-0.15, -0.1) is 0 Å². The van der Waals surface area contributed by atoms with E-state index in [1.807, 2.05) is 6.20 Å². The highest BCUT2D eigenvalue weighted by molar-refractivity contribution is 5.98. The third kappa shape index (κ3) is 3.56. The normalized spacial score (nSPS) is 22.4. The summed E-state index contributed by atoms with van der Waals surface area (Å²) in [5, 5.41) is 3.43. The fourth-order valence-corrected chi connectivity index (χ4v) is 3.79. The predicted molar refractivity (Wildman–Crippen MR) is 99.0 cm³/mol. The molecule has 2 aliphatic heterocycles. The first-order chi connectivity index (χ1) is 11.4. The first-order valence-electron chi connectivity index (χ1n) is 9.22. The SMILES string of the molecule is CC(C)c1ccc(C(C2=CNC(C)(C)CC2=O)N2CCCC2)cc1. The Labute approximate surface area is 146 Å². The number of hydrogen-bond acceptors (Lipinski definition) is 3. The van der Waals surface area contributed by atoms with E-state index in [1.54, 1.807) is 0 Å². The Hall–Kier alpha value is -1.61. The summed E-state index contributed by atoms with van der Waals surface area (Å²) in [6.07, 6.45) is 4.99. The fraction of sp³-hybridized carbons (Fsp3) is 0.571. The van der Waals surface area contributed by atoms with Crippen molar-refractivity contribution in [2.24, 2.45) is 0 Å². The van der Waals surface area contributed by atoms with Crippen molar-refractivity contribution in [1.29, 1.82) is 0 Å². The van der Waals surface area contributed by atoms with E-state index in [-0.39, 0.29) is 17.4 Å². The van der Waals surface area contributed by atoms with E-state index in [4.69, 9.17) is 0 Å². The summed E-state index contributed by atoms with van der Waals surface area (Å²) < 4.78 is 0. The maximum atomic E-state index is 12.8. The number of likely N-dealkylation sites (tertiary alicyclic amines) is 1. The van der Waals surface area contributed by atoms with E-state index < -0.39 is 0 Å². The quantitative estimate of drug-likeness (QED) is 0.901. The smallest absolute Gasteiger partial charge is 0.164 e. The zero-order valence-corrected chi connectivity index (χ0v) is 15.4. The van der Waals surface area contributed by atoms with Crippen molar-refractivity contribution < 1.29 is 4.79 Å². The zero-order chi connectivity index (χ0) is 17.3. The number of benzene rings is 1. The van der Waals surface area contributed by atoms with Crippen LogP contribution in [0.2, 0.25) is 0 Å². The topological polar surface area (TPSA) is 32.3 Å². The standard InChI is InChI=1S/C21H30N2O/c1-15(2)16-7-9-17(10-8-16)20(23-11-5-6-12-23)18-14-22-21(3,4)13-19(18)24/h7-10,14-15,20,22H,5-6,11-13H2,1-4H3. The van der Waals surface area contributed by atoms with Crippen LogP contribution in [0, 0.1) is 0 Å². The molecule has 3 heteroatoms. The minimum absolute atomic E-state index is 0.0878. The Balaban J connectivity index is 1.95. The Morgan fingerprint density at radius 2 is 1.62 bits per heavy atom. The first kappa shape index (κ1) is 17.2. The lowest BCUT2D eigenvalue weighted by atomic mass is 9.85. The van der Waals surface area contributed by atoms with Crippen molar-refractivity contribution in [2.45, 2.75) is 64.5 Å². The molecule has 1 N–H and O–H groups in total. The molecule has 0 spiro atoms. The van der Waals surface area contributed by atoms with Crippen molar-refractivity contribution >= 4 is 5.78 Å². The van der Waals surface area contributed by atoms with Gasteiger partial charge in [0.15, 0.2) is 5.78 Å². The van der Waals surface area contributed by atoms with E-state index in [1.165, 1.54) is 24.0 Å². The fourth-order valence-electron chi connectivity index (χ4n) is 3.79. The van der Waals surface area contributed by atoms with Gasteiger partial charge in [-0.1, -0.05) is 38.1 Å². The Morgan fingerprint density at radius 3 is 2.17 bits per heavy atom. The minimum Gasteiger partial charge on any atom is -0.385 e. The molecule has 1 saturated heterocycles. The van der Waals surface area contributed by atoms with Crippen LogP contribution >= 0.6 is 0 Å². The molecule has 2 heterocycles. The highest BCUT2D eigenvalue weighted by atomic mass is 16.1. The number of nitrogens with zero attached hydrogens (tertiary/aromatic N) is 1. The van der Waals surface area contributed by atoms with Gasteiger partial charge < -0.3 is 5.32 Å². The van der Waals surface area contributed by atoms with Crippen LogP contribution in [0.4, 0.5) is 0 Å². The molecule has 1 aromatic carbocycles. The molecule has 1 unspecified atom stereocenters.